The minimum atomic E-state index is -0.300. The zero-order valence-electron chi connectivity index (χ0n) is 10.4. The molecule has 98 valence electrons. The Morgan fingerprint density at radius 1 is 1.39 bits per heavy atom. The van der Waals surface area contributed by atoms with Crippen LogP contribution >= 0.6 is 11.6 Å². The summed E-state index contributed by atoms with van der Waals surface area (Å²) in [7, 11) is 0. The quantitative estimate of drug-likeness (QED) is 0.821. The van der Waals surface area contributed by atoms with Crippen LogP contribution in [0.5, 0.6) is 0 Å². The Hall–Kier alpha value is -1.62. The van der Waals surface area contributed by atoms with Crippen LogP contribution in [0.3, 0.4) is 0 Å². The Morgan fingerprint density at radius 3 is 2.67 bits per heavy atom. The number of hydrogen-bond acceptors (Lipinski definition) is 3. The summed E-state index contributed by atoms with van der Waals surface area (Å²) in [6, 6.07) is 4.83. The van der Waals surface area contributed by atoms with Crippen LogP contribution in [-0.2, 0) is 4.79 Å². The third kappa shape index (κ3) is 4.00. The fourth-order valence-corrected chi connectivity index (χ4v) is 1.61. The average molecular weight is 270 g/mol. The lowest BCUT2D eigenvalue weighted by molar-refractivity contribution is -0.121. The van der Waals surface area contributed by atoms with Gasteiger partial charge in [0.1, 0.15) is 10.8 Å². The largest absolute Gasteiger partial charge is 0.355 e. The van der Waals surface area contributed by atoms with E-state index in [4.69, 9.17) is 11.6 Å². The SMILES string of the molecule is CCNC(=O)CN(CC)C(=O)c1cccc(Cl)n1. The van der Waals surface area contributed by atoms with Crippen LogP contribution in [0.15, 0.2) is 18.2 Å². The number of likely N-dealkylation sites (N-methyl/N-ethyl adjacent to an activating group) is 2. The number of pyridine rings is 1. The third-order valence-corrected chi connectivity index (χ3v) is 2.52. The van der Waals surface area contributed by atoms with Crippen molar-refractivity contribution < 1.29 is 9.59 Å². The maximum atomic E-state index is 12.1. The summed E-state index contributed by atoms with van der Waals surface area (Å²) in [5, 5.41) is 2.91. The van der Waals surface area contributed by atoms with E-state index in [0.29, 0.717) is 13.1 Å². The number of rotatable bonds is 5. The minimum Gasteiger partial charge on any atom is -0.355 e. The number of carbonyl (C=O) groups excluding carboxylic acids is 2. The first-order chi connectivity index (χ1) is 8.58. The Bertz CT molecular complexity index is 437. The maximum Gasteiger partial charge on any atom is 0.272 e. The summed E-state index contributed by atoms with van der Waals surface area (Å²) >= 11 is 5.73. The Kier molecular flexibility index (Phi) is 5.58. The minimum absolute atomic E-state index is 0.0252. The molecule has 18 heavy (non-hydrogen) atoms. The third-order valence-electron chi connectivity index (χ3n) is 2.31. The van der Waals surface area contributed by atoms with Gasteiger partial charge in [0.2, 0.25) is 5.91 Å². The lowest BCUT2D eigenvalue weighted by atomic mass is 10.3. The normalized spacial score (nSPS) is 9.94. The molecule has 0 spiro atoms. The predicted molar refractivity (Wildman–Crippen MR) is 69.5 cm³/mol. The van der Waals surface area contributed by atoms with E-state index in [0.717, 1.165) is 0 Å². The molecule has 0 saturated heterocycles. The fraction of sp³-hybridized carbons (Fsp3) is 0.417. The molecule has 1 heterocycles. The Morgan fingerprint density at radius 2 is 2.11 bits per heavy atom. The first-order valence-electron chi connectivity index (χ1n) is 5.77. The molecule has 0 saturated carbocycles. The number of carbonyl (C=O) groups is 2. The molecule has 1 rings (SSSR count). The second-order valence-corrected chi connectivity index (χ2v) is 4.01. The molecule has 0 radical (unpaired) electrons. The van der Waals surface area contributed by atoms with E-state index in [1.54, 1.807) is 18.2 Å². The molecule has 0 atom stereocenters. The molecule has 0 bridgehead atoms. The van der Waals surface area contributed by atoms with E-state index in [-0.39, 0.29) is 29.2 Å². The second kappa shape index (κ2) is 6.96. The summed E-state index contributed by atoms with van der Waals surface area (Å²) in [4.78, 5) is 28.9. The van der Waals surface area contributed by atoms with Crippen molar-refractivity contribution in [3.63, 3.8) is 0 Å². The zero-order chi connectivity index (χ0) is 13.5. The molecule has 0 aliphatic carbocycles. The van der Waals surface area contributed by atoms with Crippen LogP contribution in [0.1, 0.15) is 24.3 Å². The summed E-state index contributed by atoms with van der Waals surface area (Å²) in [5.74, 6) is -0.485. The topological polar surface area (TPSA) is 62.3 Å². The predicted octanol–water partition coefficient (Wildman–Crippen LogP) is 1.33. The monoisotopic (exact) mass is 269 g/mol. The van der Waals surface area contributed by atoms with Crippen molar-refractivity contribution in [2.24, 2.45) is 0 Å². The molecule has 1 aromatic rings. The van der Waals surface area contributed by atoms with Gasteiger partial charge in [-0.3, -0.25) is 9.59 Å². The van der Waals surface area contributed by atoms with E-state index < -0.39 is 0 Å². The number of hydrogen-bond donors (Lipinski definition) is 1. The number of nitrogens with one attached hydrogen (secondary N) is 1. The van der Waals surface area contributed by atoms with E-state index in [1.807, 2.05) is 13.8 Å². The molecule has 2 amide bonds. The van der Waals surface area contributed by atoms with Gasteiger partial charge in [0.25, 0.3) is 5.91 Å². The van der Waals surface area contributed by atoms with Crippen molar-refractivity contribution >= 4 is 23.4 Å². The van der Waals surface area contributed by atoms with Crippen molar-refractivity contribution in [2.45, 2.75) is 13.8 Å². The fourth-order valence-electron chi connectivity index (χ4n) is 1.44. The summed E-state index contributed by atoms with van der Waals surface area (Å²) in [5.41, 5.74) is 0.244. The van der Waals surface area contributed by atoms with Crippen LogP contribution in [-0.4, -0.2) is 41.3 Å². The van der Waals surface area contributed by atoms with E-state index in [9.17, 15) is 9.59 Å². The Balaban J connectivity index is 2.76. The van der Waals surface area contributed by atoms with Gasteiger partial charge in [-0.1, -0.05) is 17.7 Å². The van der Waals surface area contributed by atoms with Gasteiger partial charge < -0.3 is 10.2 Å². The van der Waals surface area contributed by atoms with E-state index in [2.05, 4.69) is 10.3 Å². The van der Waals surface area contributed by atoms with Crippen LogP contribution in [0.25, 0.3) is 0 Å². The molecule has 0 aliphatic rings. The van der Waals surface area contributed by atoms with Crippen molar-refractivity contribution in [3.05, 3.63) is 29.0 Å². The maximum absolute atomic E-state index is 12.1. The van der Waals surface area contributed by atoms with E-state index >= 15 is 0 Å². The molecule has 6 heteroatoms. The number of nitrogens with zero attached hydrogens (tertiary/aromatic N) is 2. The lowest BCUT2D eigenvalue weighted by Crippen LogP contribution is -2.40. The first kappa shape index (κ1) is 14.4. The molecule has 1 N–H and O–H groups in total. The highest BCUT2D eigenvalue weighted by Crippen LogP contribution is 2.07. The van der Waals surface area contributed by atoms with Gasteiger partial charge in [-0.15, -0.1) is 0 Å². The van der Waals surface area contributed by atoms with Crippen LogP contribution in [0.2, 0.25) is 5.15 Å². The van der Waals surface area contributed by atoms with Crippen molar-refractivity contribution in [1.82, 2.24) is 15.2 Å². The molecular formula is C12H16ClN3O2. The molecule has 5 nitrogen and oxygen atoms in total. The highest BCUT2D eigenvalue weighted by Gasteiger charge is 2.18. The summed E-state index contributed by atoms with van der Waals surface area (Å²) < 4.78 is 0. The van der Waals surface area contributed by atoms with Gasteiger partial charge in [0, 0.05) is 13.1 Å². The van der Waals surface area contributed by atoms with Crippen LogP contribution in [0.4, 0.5) is 0 Å². The van der Waals surface area contributed by atoms with Gasteiger partial charge in [0.15, 0.2) is 0 Å². The first-order valence-corrected chi connectivity index (χ1v) is 6.14. The second-order valence-electron chi connectivity index (χ2n) is 3.62. The van der Waals surface area contributed by atoms with Crippen molar-refractivity contribution in [1.29, 1.82) is 0 Å². The number of halogens is 1. The molecule has 0 aromatic carbocycles. The van der Waals surface area contributed by atoms with E-state index in [1.165, 1.54) is 4.90 Å². The molecule has 0 fully saturated rings. The number of aromatic nitrogens is 1. The number of amides is 2. The highest BCUT2D eigenvalue weighted by atomic mass is 35.5. The van der Waals surface area contributed by atoms with Gasteiger partial charge in [0.05, 0.1) is 6.54 Å². The Labute approximate surface area is 111 Å². The highest BCUT2D eigenvalue weighted by molar-refractivity contribution is 6.29. The molecule has 0 aliphatic heterocycles. The van der Waals surface area contributed by atoms with Crippen LogP contribution < -0.4 is 5.32 Å². The lowest BCUT2D eigenvalue weighted by Gasteiger charge is -2.19. The summed E-state index contributed by atoms with van der Waals surface area (Å²) in [6.45, 7) is 4.64. The molecule has 1 aromatic heterocycles. The van der Waals surface area contributed by atoms with Gasteiger partial charge in [-0.2, -0.15) is 0 Å². The smallest absolute Gasteiger partial charge is 0.272 e. The van der Waals surface area contributed by atoms with Crippen molar-refractivity contribution in [2.75, 3.05) is 19.6 Å². The standard InChI is InChI=1S/C12H16ClN3O2/c1-3-14-11(17)8-16(4-2)12(18)9-6-5-7-10(13)15-9/h5-7H,3-4,8H2,1-2H3,(H,14,17). The molecule has 0 unspecified atom stereocenters. The van der Waals surface area contributed by atoms with Gasteiger partial charge in [-0.25, -0.2) is 4.98 Å². The molecular weight excluding hydrogens is 254 g/mol. The summed E-state index contributed by atoms with van der Waals surface area (Å²) in [6.07, 6.45) is 0. The van der Waals surface area contributed by atoms with Crippen LogP contribution in [0, 0.1) is 0 Å². The van der Waals surface area contributed by atoms with Gasteiger partial charge in [-0.05, 0) is 26.0 Å². The zero-order valence-corrected chi connectivity index (χ0v) is 11.2. The van der Waals surface area contributed by atoms with Crippen molar-refractivity contribution in [3.8, 4) is 0 Å². The average Bonchev–Trinajstić information content (AvgIpc) is 2.35. The van der Waals surface area contributed by atoms with Gasteiger partial charge >= 0.3 is 0 Å².